The van der Waals surface area contributed by atoms with Crippen molar-refractivity contribution in [2.45, 2.75) is 31.7 Å². The van der Waals surface area contributed by atoms with Crippen molar-refractivity contribution in [3.8, 4) is 0 Å². The minimum Gasteiger partial charge on any atom is -0.390 e. The minimum absolute atomic E-state index is 0.00509. The van der Waals surface area contributed by atoms with E-state index in [9.17, 15) is 5.11 Å². The van der Waals surface area contributed by atoms with Crippen molar-refractivity contribution >= 4 is 19.0 Å². The Morgan fingerprint density at radius 1 is 1.48 bits per heavy atom. The molecule has 21 heavy (non-hydrogen) atoms. The van der Waals surface area contributed by atoms with Gasteiger partial charge in [-0.25, -0.2) is 4.99 Å². The number of aliphatic hydroxyl groups is 1. The Labute approximate surface area is 127 Å². The van der Waals surface area contributed by atoms with Crippen molar-refractivity contribution in [3.05, 3.63) is 24.4 Å². The molecular formula is C16H27N2O2P. The van der Waals surface area contributed by atoms with Gasteiger partial charge in [-0.2, -0.15) is 0 Å². The number of ether oxygens (including phenoxy) is 1. The molecule has 0 amide bonds. The fraction of sp³-hybridized carbons (Fsp3) is 0.625. The molecule has 3 N–H and O–H groups in total. The highest BCUT2D eigenvalue weighted by molar-refractivity contribution is 7.72. The Morgan fingerprint density at radius 2 is 2.14 bits per heavy atom. The molecule has 0 spiro atoms. The van der Waals surface area contributed by atoms with Crippen molar-refractivity contribution in [2.24, 2.45) is 22.6 Å². The molecule has 2 aliphatic heterocycles. The SMILES string of the molecule is C=C1N=C(N)C=CC1[C@@H]1O[C@H](CCP(=C)(C)C)[C@@H](O)[C@H]1C. The van der Waals surface area contributed by atoms with E-state index in [1.54, 1.807) is 6.08 Å². The number of aliphatic hydroxyl groups excluding tert-OH is 1. The molecule has 1 fully saturated rings. The number of rotatable bonds is 4. The fourth-order valence-electron chi connectivity index (χ4n) is 2.96. The molecule has 0 saturated carbocycles. The van der Waals surface area contributed by atoms with Gasteiger partial charge < -0.3 is 15.6 Å². The summed E-state index contributed by atoms with van der Waals surface area (Å²) in [6.45, 7) is 9.32. The number of aliphatic imine (C=N–C) groups is 1. The predicted octanol–water partition coefficient (Wildman–Crippen LogP) is 1.91. The number of amidine groups is 1. The lowest BCUT2D eigenvalue weighted by molar-refractivity contribution is -0.00114. The second kappa shape index (κ2) is 6.12. The minimum atomic E-state index is -1.10. The zero-order valence-corrected chi connectivity index (χ0v) is 14.1. The summed E-state index contributed by atoms with van der Waals surface area (Å²) >= 11 is 0. The number of hydrogen-bond acceptors (Lipinski definition) is 4. The molecule has 0 aromatic heterocycles. The summed E-state index contributed by atoms with van der Waals surface area (Å²) in [5.74, 6) is 0.527. The summed E-state index contributed by atoms with van der Waals surface area (Å²) in [4.78, 5) is 4.23. The van der Waals surface area contributed by atoms with Gasteiger partial charge in [-0.15, -0.1) is 13.2 Å². The van der Waals surface area contributed by atoms with E-state index in [2.05, 4.69) is 31.2 Å². The van der Waals surface area contributed by atoms with Gasteiger partial charge in [0.15, 0.2) is 0 Å². The highest BCUT2D eigenvalue weighted by Crippen LogP contribution is 2.41. The lowest BCUT2D eigenvalue weighted by Crippen LogP contribution is -2.30. The monoisotopic (exact) mass is 310 g/mol. The second-order valence-electron chi connectivity index (χ2n) is 6.85. The topological polar surface area (TPSA) is 67.8 Å². The van der Waals surface area contributed by atoms with Gasteiger partial charge >= 0.3 is 0 Å². The van der Waals surface area contributed by atoms with Crippen LogP contribution in [0.1, 0.15) is 13.3 Å². The Bertz CT molecular complexity index is 520. The van der Waals surface area contributed by atoms with Gasteiger partial charge in [-0.1, -0.05) is 19.6 Å². The second-order valence-corrected chi connectivity index (χ2v) is 11.2. The molecule has 5 atom stereocenters. The molecule has 1 unspecified atom stereocenters. The van der Waals surface area contributed by atoms with Crippen LogP contribution in [-0.4, -0.2) is 55.0 Å². The number of hydrogen-bond donors (Lipinski definition) is 2. The quantitative estimate of drug-likeness (QED) is 0.779. The first-order chi connectivity index (χ1) is 9.69. The molecule has 4 nitrogen and oxygen atoms in total. The summed E-state index contributed by atoms with van der Waals surface area (Å²) in [6, 6.07) is 0. The molecular weight excluding hydrogens is 283 g/mol. The predicted molar refractivity (Wildman–Crippen MR) is 92.6 cm³/mol. The van der Waals surface area contributed by atoms with E-state index in [0.29, 0.717) is 11.5 Å². The van der Waals surface area contributed by atoms with Crippen LogP contribution in [0.15, 0.2) is 29.4 Å². The average molecular weight is 310 g/mol. The lowest BCUT2D eigenvalue weighted by atomic mass is 9.86. The third-order valence-corrected chi connectivity index (χ3v) is 5.74. The molecule has 1 saturated heterocycles. The fourth-order valence-corrected chi connectivity index (χ4v) is 3.91. The van der Waals surface area contributed by atoms with E-state index < -0.39 is 13.0 Å². The third kappa shape index (κ3) is 3.88. The Morgan fingerprint density at radius 3 is 2.71 bits per heavy atom. The maximum Gasteiger partial charge on any atom is 0.123 e. The summed E-state index contributed by atoms with van der Waals surface area (Å²) < 4.78 is 6.14. The van der Waals surface area contributed by atoms with Crippen LogP contribution >= 0.6 is 6.89 Å². The normalized spacial score (nSPS) is 36.9. The van der Waals surface area contributed by atoms with Crippen molar-refractivity contribution < 1.29 is 9.84 Å². The highest BCUT2D eigenvalue weighted by atomic mass is 31.2. The summed E-state index contributed by atoms with van der Waals surface area (Å²) in [5.41, 5.74) is 6.39. The zero-order valence-electron chi connectivity index (χ0n) is 13.2. The highest BCUT2D eigenvalue weighted by Gasteiger charge is 2.44. The van der Waals surface area contributed by atoms with E-state index in [0.717, 1.165) is 12.6 Å². The van der Waals surface area contributed by atoms with E-state index >= 15 is 0 Å². The van der Waals surface area contributed by atoms with E-state index in [-0.39, 0.29) is 24.0 Å². The van der Waals surface area contributed by atoms with Crippen molar-refractivity contribution in [1.82, 2.24) is 0 Å². The number of nitrogens with two attached hydrogens (primary N) is 1. The van der Waals surface area contributed by atoms with Crippen LogP contribution in [0.25, 0.3) is 0 Å². The van der Waals surface area contributed by atoms with Gasteiger partial charge in [0.25, 0.3) is 0 Å². The molecule has 0 aliphatic carbocycles. The smallest absolute Gasteiger partial charge is 0.123 e. The maximum absolute atomic E-state index is 10.4. The van der Waals surface area contributed by atoms with Gasteiger partial charge in [0.2, 0.25) is 0 Å². The standard InChI is InChI=1S/C16H27N2O2P/c1-10-15(19)13(8-9-21(3,4)5)20-16(10)12-6-7-14(17)18-11(12)2/h6-7,10,12-13,15-16,19H,2-3,8-9H2,1,4-5H3,(H2,17,18)/t10-,12?,13-,15+,16-/m1/s1. The molecule has 2 heterocycles. The van der Waals surface area contributed by atoms with Gasteiger partial charge in [0, 0.05) is 17.5 Å². The van der Waals surface area contributed by atoms with Crippen molar-refractivity contribution in [2.75, 3.05) is 19.5 Å². The van der Waals surface area contributed by atoms with Gasteiger partial charge in [-0.05, 0) is 32.0 Å². The van der Waals surface area contributed by atoms with E-state index in [1.165, 1.54) is 0 Å². The largest absolute Gasteiger partial charge is 0.390 e. The molecule has 2 aliphatic rings. The maximum atomic E-state index is 10.4. The first-order valence-electron chi connectivity index (χ1n) is 7.41. The van der Waals surface area contributed by atoms with Crippen LogP contribution in [0, 0.1) is 11.8 Å². The molecule has 2 rings (SSSR count). The van der Waals surface area contributed by atoms with Crippen LogP contribution in [0.2, 0.25) is 0 Å². The molecule has 0 radical (unpaired) electrons. The Balaban J connectivity index is 2.05. The lowest BCUT2D eigenvalue weighted by Gasteiger charge is -2.26. The molecule has 5 heteroatoms. The zero-order chi connectivity index (χ0) is 15.8. The third-order valence-electron chi connectivity index (χ3n) is 4.27. The van der Waals surface area contributed by atoms with Crippen molar-refractivity contribution in [3.63, 3.8) is 0 Å². The molecule has 0 aromatic carbocycles. The van der Waals surface area contributed by atoms with Crippen LogP contribution in [-0.2, 0) is 4.74 Å². The summed E-state index contributed by atoms with van der Waals surface area (Å²) in [7, 11) is 0. The molecule has 0 bridgehead atoms. The first kappa shape index (κ1) is 16.5. The average Bonchev–Trinajstić information content (AvgIpc) is 2.64. The van der Waals surface area contributed by atoms with Gasteiger partial charge in [-0.3, -0.25) is 0 Å². The Kier molecular flexibility index (Phi) is 4.82. The van der Waals surface area contributed by atoms with Crippen LogP contribution in [0.5, 0.6) is 0 Å². The van der Waals surface area contributed by atoms with Gasteiger partial charge in [0.05, 0.1) is 18.3 Å². The summed E-state index contributed by atoms with van der Waals surface area (Å²) in [5, 5.41) is 10.4. The Hall–Kier alpha value is -0.830. The van der Waals surface area contributed by atoms with E-state index in [4.69, 9.17) is 10.5 Å². The summed E-state index contributed by atoms with van der Waals surface area (Å²) in [6.07, 6.45) is 9.25. The van der Waals surface area contributed by atoms with Crippen molar-refractivity contribution in [1.29, 1.82) is 0 Å². The first-order valence-corrected chi connectivity index (χ1v) is 10.5. The van der Waals surface area contributed by atoms with E-state index in [1.807, 2.05) is 13.0 Å². The van der Waals surface area contributed by atoms with Gasteiger partial charge in [0.1, 0.15) is 5.84 Å². The molecule has 0 aromatic rings. The number of nitrogens with zero attached hydrogens (tertiary/aromatic N) is 1. The van der Waals surface area contributed by atoms with Crippen LogP contribution in [0.3, 0.4) is 0 Å². The molecule has 118 valence electrons. The van der Waals surface area contributed by atoms with Crippen LogP contribution < -0.4 is 5.73 Å². The number of dihydropyridines is 1. The van der Waals surface area contributed by atoms with Crippen LogP contribution in [0.4, 0.5) is 0 Å².